The van der Waals surface area contributed by atoms with Crippen molar-refractivity contribution in [3.05, 3.63) is 125 Å². The third-order valence-electron chi connectivity index (χ3n) is 14.9. The average Bonchev–Trinajstić information content (AvgIpc) is 3.98. The maximum Gasteiger partial charge on any atom is 0.420 e. The number of hydrogen-bond donors (Lipinski definition) is 3. The third kappa shape index (κ3) is 10.3. The van der Waals surface area contributed by atoms with Crippen molar-refractivity contribution in [2.75, 3.05) is 61.0 Å². The molecule has 3 aliphatic heterocycles. The maximum absolute atomic E-state index is 15.2. The van der Waals surface area contributed by atoms with E-state index in [0.29, 0.717) is 68.1 Å². The number of imide groups is 1. The molecule has 0 radical (unpaired) electrons. The number of fused-ring (bicyclic) bond motifs is 3. The first-order valence-corrected chi connectivity index (χ1v) is 26.1. The Balaban J connectivity index is 0.702. The van der Waals surface area contributed by atoms with Gasteiger partial charge in [-0.05, 0) is 92.1 Å². The minimum Gasteiger partial charge on any atom is -0.490 e. The number of benzene rings is 4. The second kappa shape index (κ2) is 20.7. The fourth-order valence-corrected chi connectivity index (χ4v) is 12.0. The van der Waals surface area contributed by atoms with E-state index >= 15 is 13.2 Å². The summed E-state index contributed by atoms with van der Waals surface area (Å²) in [5, 5.41) is 21.9. The molecular formula is C55H54F3N9O7S. The number of thiazole rings is 1. The number of aromatic carboxylic acids is 1. The standard InChI is InChI=1S/C55H54F3N9O7S/c1-64-50-38(48(63-64)39-20-22-46(68)61-52(39)70)10-5-12-42(50)66-27-25-65(26-28-66)29-30-73-33-15-17-34(18-16-33)74-43-13-6-8-35(47(43)55(56,57)58)36-19-21-45(60-49(36)53(71)72)67-24-23-32-7-4-9-37(40(32)31-67)51(69)62-54-59-41-11-2-3-14-44(41)75-54/h2-14,19,21,33-34,39H,15-18,20,22-31H2,1H3,(H,71,72)(H,59,62,69)(H,61,68,70). The van der Waals surface area contributed by atoms with Crippen LogP contribution in [0, 0.1) is 0 Å². The topological polar surface area (TPSA) is 184 Å². The first-order valence-electron chi connectivity index (χ1n) is 25.3. The van der Waals surface area contributed by atoms with Crippen LogP contribution < -0.4 is 25.2 Å². The van der Waals surface area contributed by atoms with E-state index in [-0.39, 0.29) is 59.5 Å². The molecule has 3 N–H and O–H groups in total. The van der Waals surface area contributed by atoms with E-state index in [1.54, 1.807) is 6.07 Å². The van der Waals surface area contributed by atoms with E-state index < -0.39 is 35.4 Å². The van der Waals surface area contributed by atoms with Crippen molar-refractivity contribution in [1.82, 2.24) is 30.0 Å². The van der Waals surface area contributed by atoms with Crippen molar-refractivity contribution in [3.8, 4) is 16.9 Å². The highest BCUT2D eigenvalue weighted by molar-refractivity contribution is 7.22. The molecule has 2 saturated heterocycles. The molecule has 0 bridgehead atoms. The van der Waals surface area contributed by atoms with E-state index in [1.807, 2.05) is 65.2 Å². The van der Waals surface area contributed by atoms with Crippen molar-refractivity contribution in [1.29, 1.82) is 0 Å². The zero-order valence-corrected chi connectivity index (χ0v) is 41.9. The summed E-state index contributed by atoms with van der Waals surface area (Å²) < 4.78 is 60.7. The maximum atomic E-state index is 15.2. The number of halogens is 3. The Labute approximate surface area is 433 Å². The highest BCUT2D eigenvalue weighted by Crippen LogP contribution is 2.45. The first kappa shape index (κ1) is 49.8. The van der Waals surface area contributed by atoms with Crippen molar-refractivity contribution in [3.63, 3.8) is 0 Å². The molecule has 4 aliphatic rings. The minimum atomic E-state index is -4.89. The zero-order valence-electron chi connectivity index (χ0n) is 41.1. The molecule has 6 heterocycles. The van der Waals surface area contributed by atoms with Gasteiger partial charge in [0.2, 0.25) is 11.8 Å². The van der Waals surface area contributed by atoms with E-state index in [1.165, 1.54) is 41.7 Å². The lowest BCUT2D eigenvalue weighted by Gasteiger charge is -2.37. The second-order valence-corrected chi connectivity index (χ2v) is 20.5. The normalized spacial score (nSPS) is 19.5. The number of rotatable bonds is 13. The Kier molecular flexibility index (Phi) is 13.7. The van der Waals surface area contributed by atoms with Gasteiger partial charge in [0.25, 0.3) is 5.91 Å². The fraction of sp³-hybridized carbons (Fsp3) is 0.364. The number of piperidine rings is 1. The van der Waals surface area contributed by atoms with Gasteiger partial charge in [-0.15, -0.1) is 0 Å². The summed E-state index contributed by atoms with van der Waals surface area (Å²) in [6, 6.07) is 26.0. The number of aromatic nitrogens is 4. The summed E-state index contributed by atoms with van der Waals surface area (Å²) in [5.41, 5.74) is 3.44. The molecule has 20 heteroatoms. The number of nitrogens with zero attached hydrogens (tertiary/aromatic N) is 7. The number of alkyl halides is 3. The molecule has 1 unspecified atom stereocenters. The molecule has 7 aromatic rings. The van der Waals surface area contributed by atoms with Crippen molar-refractivity contribution in [2.45, 2.75) is 75.8 Å². The summed E-state index contributed by atoms with van der Waals surface area (Å²) in [4.78, 5) is 66.5. The first-order chi connectivity index (χ1) is 36.2. The van der Waals surface area contributed by atoms with E-state index in [9.17, 15) is 24.3 Å². The number of ether oxygens (including phenoxy) is 2. The second-order valence-electron chi connectivity index (χ2n) is 19.5. The summed E-state index contributed by atoms with van der Waals surface area (Å²) in [7, 11) is 1.88. The molecular weight excluding hydrogens is 988 g/mol. The van der Waals surface area contributed by atoms with Gasteiger partial charge in [-0.1, -0.05) is 59.9 Å². The lowest BCUT2D eigenvalue weighted by atomic mass is 9.92. The molecule has 3 fully saturated rings. The highest BCUT2D eigenvalue weighted by atomic mass is 32.1. The van der Waals surface area contributed by atoms with Gasteiger partial charge in [0.05, 0.1) is 51.8 Å². The Morgan fingerprint density at radius 1 is 0.827 bits per heavy atom. The zero-order chi connectivity index (χ0) is 52.0. The molecule has 16 nitrogen and oxygen atoms in total. The molecule has 1 atom stereocenters. The number of carboxylic acid groups (broad SMARTS) is 1. The average molecular weight is 1040 g/mol. The Bertz CT molecular complexity index is 3310. The predicted octanol–water partition coefficient (Wildman–Crippen LogP) is 8.83. The quantitative estimate of drug-likeness (QED) is 0.0932. The number of aryl methyl sites for hydroxylation is 1. The van der Waals surface area contributed by atoms with E-state index in [4.69, 9.17) is 14.6 Å². The number of hydrogen-bond acceptors (Lipinski definition) is 13. The number of amides is 3. The number of piperazine rings is 1. The van der Waals surface area contributed by atoms with Gasteiger partial charge in [-0.25, -0.2) is 14.8 Å². The van der Waals surface area contributed by atoms with Gasteiger partial charge in [0, 0.05) is 81.4 Å². The fourth-order valence-electron chi connectivity index (χ4n) is 11.1. The van der Waals surface area contributed by atoms with Gasteiger partial charge < -0.3 is 24.4 Å². The number of anilines is 3. The smallest absolute Gasteiger partial charge is 0.420 e. The van der Waals surface area contributed by atoms with Crippen LogP contribution in [0.25, 0.3) is 32.2 Å². The Morgan fingerprint density at radius 3 is 2.37 bits per heavy atom. The summed E-state index contributed by atoms with van der Waals surface area (Å²) >= 11 is 1.36. The van der Waals surface area contributed by atoms with Crippen molar-refractivity contribution < 1.29 is 46.9 Å². The molecule has 11 rings (SSSR count). The van der Waals surface area contributed by atoms with Crippen LogP contribution >= 0.6 is 11.3 Å². The van der Waals surface area contributed by atoms with Crippen LogP contribution in [0.2, 0.25) is 0 Å². The largest absolute Gasteiger partial charge is 0.490 e. The van der Waals surface area contributed by atoms with Crippen LogP contribution in [0.4, 0.5) is 29.8 Å². The third-order valence-corrected chi connectivity index (χ3v) is 15.8. The van der Waals surface area contributed by atoms with Gasteiger partial charge in [0.15, 0.2) is 10.8 Å². The molecule has 1 saturated carbocycles. The molecule has 3 amide bonds. The van der Waals surface area contributed by atoms with Crippen molar-refractivity contribution in [2.24, 2.45) is 7.05 Å². The van der Waals surface area contributed by atoms with Crippen LogP contribution in [0.3, 0.4) is 0 Å². The van der Waals surface area contributed by atoms with E-state index in [0.717, 1.165) is 70.7 Å². The summed E-state index contributed by atoms with van der Waals surface area (Å²) in [5.74, 6) is -2.99. The summed E-state index contributed by atoms with van der Waals surface area (Å²) in [6.07, 6.45) is -2.03. The van der Waals surface area contributed by atoms with Crippen LogP contribution in [-0.4, -0.2) is 112 Å². The number of para-hydroxylation sites is 2. The van der Waals surface area contributed by atoms with Crippen LogP contribution in [-0.2, 0) is 40.5 Å². The number of nitrogens with one attached hydrogen (secondary N) is 2. The SMILES string of the molecule is Cn1nc(C2CCC(=O)NC2=O)c2cccc(N3CCN(CCOC4CCC(Oc5cccc(-c6ccc(N7CCc8cccc(C(=O)Nc9nc%10ccccc%10s9)c8C7)nc6C(=O)O)c5C(F)(F)F)CC4)CC3)c21. The molecule has 4 aromatic carbocycles. The predicted molar refractivity (Wildman–Crippen MR) is 278 cm³/mol. The molecule has 0 spiro atoms. The van der Waals surface area contributed by atoms with Gasteiger partial charge >= 0.3 is 12.1 Å². The lowest BCUT2D eigenvalue weighted by molar-refractivity contribution is -0.139. The number of carboxylic acids is 1. The Hall–Kier alpha value is -7.42. The number of carbonyl (C=O) groups excluding carboxylic acids is 3. The summed E-state index contributed by atoms with van der Waals surface area (Å²) in [6.45, 7) is 5.10. The molecule has 1 aliphatic carbocycles. The highest BCUT2D eigenvalue weighted by Gasteiger charge is 2.40. The minimum absolute atomic E-state index is 0.0649. The van der Waals surface area contributed by atoms with Gasteiger partial charge in [-0.3, -0.25) is 34.6 Å². The molecule has 75 heavy (non-hydrogen) atoms. The van der Waals surface area contributed by atoms with Crippen molar-refractivity contribution >= 4 is 72.8 Å². The number of pyridine rings is 1. The number of carbonyl (C=O) groups is 4. The van der Waals surface area contributed by atoms with Crippen LogP contribution in [0.15, 0.2) is 91.0 Å². The monoisotopic (exact) mass is 1040 g/mol. The van der Waals surface area contributed by atoms with Gasteiger partial charge in [-0.2, -0.15) is 18.3 Å². The van der Waals surface area contributed by atoms with Crippen LogP contribution in [0.5, 0.6) is 5.75 Å². The molecule has 388 valence electrons. The van der Waals surface area contributed by atoms with E-state index in [2.05, 4.69) is 36.5 Å². The van der Waals surface area contributed by atoms with Gasteiger partial charge in [0.1, 0.15) is 17.1 Å². The lowest BCUT2D eigenvalue weighted by Crippen LogP contribution is -2.47. The Morgan fingerprint density at radius 2 is 1.60 bits per heavy atom. The molecule has 3 aromatic heterocycles. The van der Waals surface area contributed by atoms with Crippen LogP contribution in [0.1, 0.15) is 87.7 Å².